The van der Waals surface area contributed by atoms with Crippen LogP contribution in [-0.4, -0.2) is 35.8 Å². The molecule has 1 aromatic heterocycles. The number of nitrogens with one attached hydrogen (secondary N) is 1. The molecule has 0 radical (unpaired) electrons. The highest BCUT2D eigenvalue weighted by Crippen LogP contribution is 2.41. The lowest BCUT2D eigenvalue weighted by atomic mass is 10.0. The largest absolute Gasteiger partial charge is 0.349 e. The fourth-order valence-electron chi connectivity index (χ4n) is 3.48. The molecule has 4 nitrogen and oxygen atoms in total. The van der Waals surface area contributed by atoms with E-state index in [1.807, 2.05) is 18.2 Å². The molecule has 0 aliphatic carbocycles. The van der Waals surface area contributed by atoms with Crippen LogP contribution in [0.4, 0.5) is 0 Å². The second-order valence-electron chi connectivity index (χ2n) is 6.91. The number of carbonyl (C=O) groups is 2. The number of amides is 2. The quantitative estimate of drug-likeness (QED) is 0.521. The van der Waals surface area contributed by atoms with Crippen molar-refractivity contribution in [1.29, 1.82) is 0 Å². The van der Waals surface area contributed by atoms with Crippen LogP contribution in [-0.2, 0) is 0 Å². The van der Waals surface area contributed by atoms with E-state index in [0.717, 1.165) is 4.70 Å². The van der Waals surface area contributed by atoms with Crippen LogP contribution in [0.3, 0.4) is 0 Å². The summed E-state index contributed by atoms with van der Waals surface area (Å²) >= 11 is 20.1. The van der Waals surface area contributed by atoms with Gasteiger partial charge in [-0.1, -0.05) is 53.0 Å². The van der Waals surface area contributed by atoms with Gasteiger partial charge in [0, 0.05) is 39.8 Å². The summed E-state index contributed by atoms with van der Waals surface area (Å²) in [5.74, 6) is -0.203. The zero-order chi connectivity index (χ0) is 20.5. The Labute approximate surface area is 187 Å². The van der Waals surface area contributed by atoms with Gasteiger partial charge in [-0.2, -0.15) is 0 Å². The average molecular weight is 468 g/mol. The molecule has 150 valence electrons. The van der Waals surface area contributed by atoms with Crippen molar-refractivity contribution in [1.82, 2.24) is 10.2 Å². The Bertz CT molecular complexity index is 1080. The lowest BCUT2D eigenvalue weighted by Crippen LogP contribution is -2.46. The molecule has 1 fully saturated rings. The average Bonchev–Trinajstić information content (AvgIpc) is 3.05. The molecule has 1 aliphatic heterocycles. The zero-order valence-corrected chi connectivity index (χ0v) is 18.3. The molecular weight excluding hydrogens is 451 g/mol. The molecule has 2 aromatic carbocycles. The second-order valence-corrected chi connectivity index (χ2v) is 9.19. The third kappa shape index (κ3) is 4.24. The maximum absolute atomic E-state index is 13.0. The van der Waals surface area contributed by atoms with Crippen molar-refractivity contribution in [2.45, 2.75) is 18.9 Å². The number of benzene rings is 2. The maximum atomic E-state index is 13.0. The summed E-state index contributed by atoms with van der Waals surface area (Å²) in [6.07, 6.45) is 1.39. The van der Waals surface area contributed by atoms with E-state index < -0.39 is 0 Å². The highest BCUT2D eigenvalue weighted by Gasteiger charge is 2.28. The molecule has 0 bridgehead atoms. The van der Waals surface area contributed by atoms with Gasteiger partial charge >= 0.3 is 0 Å². The van der Waals surface area contributed by atoms with Crippen molar-refractivity contribution in [3.63, 3.8) is 0 Å². The molecule has 1 saturated heterocycles. The van der Waals surface area contributed by atoms with Crippen LogP contribution < -0.4 is 5.32 Å². The van der Waals surface area contributed by atoms with Crippen molar-refractivity contribution < 1.29 is 9.59 Å². The minimum Gasteiger partial charge on any atom is -0.349 e. The van der Waals surface area contributed by atoms with Crippen LogP contribution >= 0.6 is 46.1 Å². The van der Waals surface area contributed by atoms with Crippen molar-refractivity contribution in [3.8, 4) is 0 Å². The first kappa shape index (κ1) is 20.5. The van der Waals surface area contributed by atoms with Gasteiger partial charge in [0.2, 0.25) is 0 Å². The number of likely N-dealkylation sites (tertiary alicyclic amines) is 1. The molecule has 29 heavy (non-hydrogen) atoms. The number of halogens is 3. The molecule has 4 rings (SSSR count). The van der Waals surface area contributed by atoms with Gasteiger partial charge in [-0.05, 0) is 37.1 Å². The fourth-order valence-corrected chi connectivity index (χ4v) is 5.82. The summed E-state index contributed by atoms with van der Waals surface area (Å²) in [5, 5.41) is 5.03. The molecule has 0 unspecified atom stereocenters. The topological polar surface area (TPSA) is 49.4 Å². The fraction of sp³-hybridized carbons (Fsp3) is 0.238. The Hall–Kier alpha value is -1.79. The van der Waals surface area contributed by atoms with Crippen LogP contribution in [0.25, 0.3) is 10.1 Å². The minimum atomic E-state index is -0.115. The summed E-state index contributed by atoms with van der Waals surface area (Å²) in [4.78, 5) is 27.6. The lowest BCUT2D eigenvalue weighted by molar-refractivity contribution is 0.0703. The molecule has 0 saturated carbocycles. The molecule has 0 atom stereocenters. The Morgan fingerprint density at radius 3 is 2.41 bits per heavy atom. The van der Waals surface area contributed by atoms with E-state index in [9.17, 15) is 9.59 Å². The maximum Gasteiger partial charge on any atom is 0.265 e. The van der Waals surface area contributed by atoms with Crippen LogP contribution in [0.5, 0.6) is 0 Å². The van der Waals surface area contributed by atoms with Gasteiger partial charge in [-0.3, -0.25) is 9.59 Å². The molecule has 2 amide bonds. The number of piperidine rings is 1. The van der Waals surface area contributed by atoms with Gasteiger partial charge in [0.05, 0.1) is 10.0 Å². The number of hydrogen-bond acceptors (Lipinski definition) is 3. The Morgan fingerprint density at radius 1 is 1.03 bits per heavy atom. The first-order valence-electron chi connectivity index (χ1n) is 9.16. The van der Waals surface area contributed by atoms with Crippen LogP contribution in [0, 0.1) is 0 Å². The number of hydrogen-bond donors (Lipinski definition) is 1. The van der Waals surface area contributed by atoms with Crippen molar-refractivity contribution in [3.05, 3.63) is 68.0 Å². The van der Waals surface area contributed by atoms with E-state index in [0.29, 0.717) is 56.8 Å². The van der Waals surface area contributed by atoms with Crippen molar-refractivity contribution in [2.24, 2.45) is 0 Å². The van der Waals surface area contributed by atoms with Gasteiger partial charge in [0.15, 0.2) is 0 Å². The smallest absolute Gasteiger partial charge is 0.265 e. The Morgan fingerprint density at radius 2 is 1.72 bits per heavy atom. The van der Waals surface area contributed by atoms with Gasteiger partial charge in [0.25, 0.3) is 11.8 Å². The van der Waals surface area contributed by atoms with Crippen LogP contribution in [0.1, 0.15) is 32.9 Å². The van der Waals surface area contributed by atoms with Gasteiger partial charge in [-0.25, -0.2) is 0 Å². The van der Waals surface area contributed by atoms with E-state index in [1.54, 1.807) is 29.2 Å². The lowest BCUT2D eigenvalue weighted by Gasteiger charge is -2.32. The Kier molecular flexibility index (Phi) is 6.02. The number of nitrogens with zero attached hydrogens (tertiary/aromatic N) is 1. The third-order valence-electron chi connectivity index (χ3n) is 5.00. The van der Waals surface area contributed by atoms with Gasteiger partial charge in [-0.15, -0.1) is 11.3 Å². The van der Waals surface area contributed by atoms with E-state index in [1.165, 1.54) is 11.3 Å². The molecule has 8 heteroatoms. The van der Waals surface area contributed by atoms with Gasteiger partial charge < -0.3 is 10.2 Å². The monoisotopic (exact) mass is 466 g/mol. The predicted octanol–water partition coefficient (Wildman–Crippen LogP) is 5.90. The summed E-state index contributed by atoms with van der Waals surface area (Å²) in [6, 6.07) is 12.6. The third-order valence-corrected chi connectivity index (χ3v) is 7.13. The highest BCUT2D eigenvalue weighted by atomic mass is 35.5. The molecule has 2 heterocycles. The first-order valence-corrected chi connectivity index (χ1v) is 11.1. The summed E-state index contributed by atoms with van der Waals surface area (Å²) in [7, 11) is 0. The summed E-state index contributed by atoms with van der Waals surface area (Å²) in [6.45, 7) is 1.11. The van der Waals surface area contributed by atoms with E-state index in [-0.39, 0.29) is 17.9 Å². The molecule has 1 N–H and O–H groups in total. The SMILES string of the molecule is O=C(NC1CCN(C(=O)c2sc3cc(Cl)cc(Cl)c3c2Cl)CC1)c1ccccc1. The standard InChI is InChI=1S/C21H17Cl3N2O2S/c22-13-10-15(23)17-16(11-13)29-19(18(17)24)21(28)26-8-6-14(7-9-26)25-20(27)12-4-2-1-3-5-12/h1-5,10-11,14H,6-9H2,(H,25,27). The van der Waals surface area contributed by atoms with E-state index in [4.69, 9.17) is 34.8 Å². The zero-order valence-electron chi connectivity index (χ0n) is 15.3. The number of thiophene rings is 1. The second kappa shape index (κ2) is 8.52. The van der Waals surface area contributed by atoms with Crippen molar-refractivity contribution >= 4 is 68.0 Å². The molecule has 0 spiro atoms. The first-order chi connectivity index (χ1) is 13.9. The van der Waals surface area contributed by atoms with E-state index >= 15 is 0 Å². The minimum absolute atomic E-state index is 0.0397. The molecular formula is C21H17Cl3N2O2S. The molecule has 3 aromatic rings. The number of carbonyl (C=O) groups excluding carboxylic acids is 2. The summed E-state index contributed by atoms with van der Waals surface area (Å²) < 4.78 is 0.792. The van der Waals surface area contributed by atoms with E-state index in [2.05, 4.69) is 5.32 Å². The summed E-state index contributed by atoms with van der Waals surface area (Å²) in [5.41, 5.74) is 0.638. The number of rotatable bonds is 3. The highest BCUT2D eigenvalue weighted by molar-refractivity contribution is 7.21. The molecule has 1 aliphatic rings. The van der Waals surface area contributed by atoms with Crippen LogP contribution in [0.15, 0.2) is 42.5 Å². The predicted molar refractivity (Wildman–Crippen MR) is 120 cm³/mol. The normalized spacial score (nSPS) is 14.9. The number of fused-ring (bicyclic) bond motifs is 1. The van der Waals surface area contributed by atoms with Crippen LogP contribution in [0.2, 0.25) is 15.1 Å². The Balaban J connectivity index is 1.43. The van der Waals surface area contributed by atoms with Gasteiger partial charge in [0.1, 0.15) is 4.88 Å². The van der Waals surface area contributed by atoms with Crippen molar-refractivity contribution in [2.75, 3.05) is 13.1 Å².